The molecule has 168 valence electrons. The van der Waals surface area contributed by atoms with Crippen LogP contribution >= 0.6 is 0 Å². The number of nitrogens with one attached hydrogen (secondary N) is 1. The standard InChI is InChI=1S/C24H28N4O3S/c1-18-11-12-20(32(30,31)28-14-7-4-8-15-28)17-21(18)24(29)26-22(19-9-5-3-6-10-19)23-25-13-16-27(23)2/h3,5-6,9-13,16-17,22H,4,7-8,14-15H2,1-2H3,(H,26,29). The lowest BCUT2D eigenvalue weighted by Gasteiger charge is -2.26. The minimum atomic E-state index is -3.63. The Kier molecular flexibility index (Phi) is 6.43. The van der Waals surface area contributed by atoms with Crippen molar-refractivity contribution < 1.29 is 13.2 Å². The number of sulfonamides is 1. The normalized spacial score (nSPS) is 15.9. The molecule has 1 N–H and O–H groups in total. The van der Waals surface area contributed by atoms with Crippen LogP contribution in [0.25, 0.3) is 0 Å². The summed E-state index contributed by atoms with van der Waals surface area (Å²) in [4.78, 5) is 17.9. The van der Waals surface area contributed by atoms with Gasteiger partial charge < -0.3 is 9.88 Å². The molecule has 0 radical (unpaired) electrons. The van der Waals surface area contributed by atoms with Gasteiger partial charge in [0.25, 0.3) is 5.91 Å². The van der Waals surface area contributed by atoms with Crippen LogP contribution in [0.2, 0.25) is 0 Å². The fourth-order valence-corrected chi connectivity index (χ4v) is 5.61. The monoisotopic (exact) mass is 452 g/mol. The van der Waals surface area contributed by atoms with Gasteiger partial charge in [-0.3, -0.25) is 4.79 Å². The van der Waals surface area contributed by atoms with Crippen LogP contribution in [-0.4, -0.2) is 41.3 Å². The first-order valence-corrected chi connectivity index (χ1v) is 12.3. The van der Waals surface area contributed by atoms with Crippen molar-refractivity contribution in [3.05, 3.63) is 83.4 Å². The number of hydrogen-bond acceptors (Lipinski definition) is 4. The van der Waals surface area contributed by atoms with E-state index in [0.717, 1.165) is 24.8 Å². The van der Waals surface area contributed by atoms with Crippen molar-refractivity contribution in [1.29, 1.82) is 0 Å². The highest BCUT2D eigenvalue weighted by Crippen LogP contribution is 2.25. The predicted molar refractivity (Wildman–Crippen MR) is 123 cm³/mol. The summed E-state index contributed by atoms with van der Waals surface area (Å²) in [5.41, 5.74) is 1.95. The maximum Gasteiger partial charge on any atom is 0.252 e. The minimum Gasteiger partial charge on any atom is -0.338 e. The number of rotatable bonds is 6. The van der Waals surface area contributed by atoms with E-state index in [9.17, 15) is 13.2 Å². The van der Waals surface area contributed by atoms with Crippen LogP contribution < -0.4 is 5.32 Å². The smallest absolute Gasteiger partial charge is 0.252 e. The zero-order valence-corrected chi connectivity index (χ0v) is 19.2. The van der Waals surface area contributed by atoms with E-state index in [1.807, 2.05) is 55.1 Å². The van der Waals surface area contributed by atoms with Gasteiger partial charge in [0.2, 0.25) is 10.0 Å². The number of carbonyl (C=O) groups excluding carboxylic acids is 1. The topological polar surface area (TPSA) is 84.3 Å². The maximum atomic E-state index is 13.4. The number of piperidine rings is 1. The van der Waals surface area contributed by atoms with Gasteiger partial charge in [-0.15, -0.1) is 0 Å². The average molecular weight is 453 g/mol. The molecule has 2 heterocycles. The molecule has 1 saturated heterocycles. The predicted octanol–water partition coefficient (Wildman–Crippen LogP) is 3.42. The Morgan fingerprint density at radius 3 is 2.44 bits per heavy atom. The lowest BCUT2D eigenvalue weighted by molar-refractivity contribution is 0.0940. The van der Waals surface area contributed by atoms with E-state index in [1.165, 1.54) is 10.4 Å². The van der Waals surface area contributed by atoms with Crippen LogP contribution in [0.15, 0.2) is 65.8 Å². The zero-order chi connectivity index (χ0) is 22.7. The first-order chi connectivity index (χ1) is 15.4. The highest BCUT2D eigenvalue weighted by atomic mass is 32.2. The molecule has 7 nitrogen and oxygen atoms in total. The van der Waals surface area contributed by atoms with Crippen molar-refractivity contribution in [2.75, 3.05) is 13.1 Å². The molecule has 2 aromatic carbocycles. The second-order valence-corrected chi connectivity index (χ2v) is 10.1. The molecule has 32 heavy (non-hydrogen) atoms. The number of imidazole rings is 1. The van der Waals surface area contributed by atoms with Gasteiger partial charge in [-0.2, -0.15) is 4.31 Å². The molecule has 8 heteroatoms. The van der Waals surface area contributed by atoms with Gasteiger partial charge >= 0.3 is 0 Å². The number of nitrogens with zero attached hydrogens (tertiary/aromatic N) is 3. The van der Waals surface area contributed by atoms with Crippen LogP contribution in [-0.2, 0) is 17.1 Å². The van der Waals surface area contributed by atoms with E-state index in [4.69, 9.17) is 0 Å². The Labute approximate surface area is 189 Å². The van der Waals surface area contributed by atoms with Crippen molar-refractivity contribution in [2.24, 2.45) is 7.05 Å². The highest BCUT2D eigenvalue weighted by molar-refractivity contribution is 7.89. The quantitative estimate of drug-likeness (QED) is 0.621. The fourth-order valence-electron chi connectivity index (χ4n) is 4.07. The number of carbonyl (C=O) groups is 1. The second-order valence-electron chi connectivity index (χ2n) is 8.15. The molecule has 0 aliphatic carbocycles. The molecule has 1 unspecified atom stereocenters. The Balaban J connectivity index is 1.66. The number of hydrogen-bond donors (Lipinski definition) is 1. The van der Waals surface area contributed by atoms with E-state index in [1.54, 1.807) is 18.3 Å². The largest absolute Gasteiger partial charge is 0.338 e. The van der Waals surface area contributed by atoms with Crippen molar-refractivity contribution in [3.8, 4) is 0 Å². The maximum absolute atomic E-state index is 13.4. The van der Waals surface area contributed by atoms with Crippen LogP contribution in [0, 0.1) is 6.92 Å². The summed E-state index contributed by atoms with van der Waals surface area (Å²) in [7, 11) is -1.75. The van der Waals surface area contributed by atoms with Gasteiger partial charge in [-0.25, -0.2) is 13.4 Å². The summed E-state index contributed by atoms with van der Waals surface area (Å²) in [5.74, 6) is 0.356. The molecule has 1 aliphatic heterocycles. The summed E-state index contributed by atoms with van der Waals surface area (Å²) in [6.45, 7) is 2.85. The SMILES string of the molecule is Cc1ccc(S(=O)(=O)N2CCCCC2)cc1C(=O)NC(c1ccccc1)c1nccn1C. The third-order valence-corrected chi connectivity index (χ3v) is 7.83. The van der Waals surface area contributed by atoms with Crippen molar-refractivity contribution in [1.82, 2.24) is 19.2 Å². The number of benzene rings is 2. The Bertz CT molecular complexity index is 1200. The van der Waals surface area contributed by atoms with Gasteiger partial charge in [0.15, 0.2) is 0 Å². The van der Waals surface area contributed by atoms with E-state index >= 15 is 0 Å². The third-order valence-electron chi connectivity index (χ3n) is 5.93. The van der Waals surface area contributed by atoms with E-state index in [-0.39, 0.29) is 10.8 Å². The number of amides is 1. The van der Waals surface area contributed by atoms with Gasteiger partial charge in [-0.1, -0.05) is 42.8 Å². The summed E-state index contributed by atoms with van der Waals surface area (Å²) in [6.07, 6.45) is 6.28. The molecular formula is C24H28N4O3S. The van der Waals surface area contributed by atoms with Crippen LogP contribution in [0.1, 0.15) is 52.6 Å². The lowest BCUT2D eigenvalue weighted by Crippen LogP contribution is -2.36. The molecule has 3 aromatic rings. The summed E-state index contributed by atoms with van der Waals surface area (Å²) in [5, 5.41) is 3.06. The summed E-state index contributed by atoms with van der Waals surface area (Å²) in [6, 6.07) is 13.9. The zero-order valence-electron chi connectivity index (χ0n) is 18.4. The molecule has 1 aliphatic rings. The second kappa shape index (κ2) is 9.26. The third kappa shape index (κ3) is 4.47. The summed E-state index contributed by atoms with van der Waals surface area (Å²) < 4.78 is 29.6. The van der Waals surface area contributed by atoms with Gasteiger partial charge in [-0.05, 0) is 43.0 Å². The first-order valence-electron chi connectivity index (χ1n) is 10.8. The number of aryl methyl sites for hydroxylation is 2. The van der Waals surface area contributed by atoms with E-state index in [2.05, 4.69) is 10.3 Å². The molecule has 0 saturated carbocycles. The minimum absolute atomic E-state index is 0.156. The van der Waals surface area contributed by atoms with Crippen molar-refractivity contribution >= 4 is 15.9 Å². The average Bonchev–Trinajstić information content (AvgIpc) is 3.24. The first kappa shape index (κ1) is 22.2. The van der Waals surface area contributed by atoms with Gasteiger partial charge in [0, 0.05) is 38.1 Å². The Morgan fingerprint density at radius 1 is 1.06 bits per heavy atom. The van der Waals surface area contributed by atoms with E-state index < -0.39 is 16.1 Å². The van der Waals surface area contributed by atoms with E-state index in [0.29, 0.717) is 30.0 Å². The van der Waals surface area contributed by atoms with Gasteiger partial charge in [0.05, 0.1) is 4.90 Å². The van der Waals surface area contributed by atoms with Crippen LogP contribution in [0.5, 0.6) is 0 Å². The van der Waals surface area contributed by atoms with Crippen LogP contribution in [0.3, 0.4) is 0 Å². The molecule has 0 spiro atoms. The van der Waals surface area contributed by atoms with Gasteiger partial charge in [0.1, 0.15) is 11.9 Å². The molecule has 1 fully saturated rings. The van der Waals surface area contributed by atoms with Crippen molar-refractivity contribution in [2.45, 2.75) is 37.1 Å². The summed E-state index contributed by atoms with van der Waals surface area (Å²) >= 11 is 0. The Hall–Kier alpha value is -2.97. The highest BCUT2D eigenvalue weighted by Gasteiger charge is 2.28. The molecule has 1 amide bonds. The molecular weight excluding hydrogens is 424 g/mol. The number of aromatic nitrogens is 2. The molecule has 4 rings (SSSR count). The Morgan fingerprint density at radius 2 is 1.78 bits per heavy atom. The molecule has 0 bridgehead atoms. The molecule has 1 atom stereocenters. The van der Waals surface area contributed by atoms with Crippen LogP contribution in [0.4, 0.5) is 0 Å². The van der Waals surface area contributed by atoms with Crippen molar-refractivity contribution in [3.63, 3.8) is 0 Å². The molecule has 1 aromatic heterocycles. The fraction of sp³-hybridized carbons (Fsp3) is 0.333. The lowest BCUT2D eigenvalue weighted by atomic mass is 10.0.